The Bertz CT molecular complexity index is 244. The molecule has 80 valence electrons. The Morgan fingerprint density at radius 1 is 1.50 bits per heavy atom. The largest absolute Gasteiger partial charge is 0.329 e. The topological polar surface area (TPSA) is 29.3 Å². The predicted octanol–water partition coefficient (Wildman–Crippen LogP) is 2.34. The molecule has 1 aromatic heterocycles. The van der Waals surface area contributed by atoms with Crippen molar-refractivity contribution in [3.05, 3.63) is 22.4 Å². The molecule has 0 fully saturated rings. The molecule has 1 unspecified atom stereocenters. The lowest BCUT2D eigenvalue weighted by Gasteiger charge is -2.27. The Morgan fingerprint density at radius 2 is 2.21 bits per heavy atom. The maximum atomic E-state index is 5.80. The smallest absolute Gasteiger partial charge is 0.0475 e. The molecule has 0 saturated heterocycles. The summed E-state index contributed by atoms with van der Waals surface area (Å²) in [6, 6.07) is 2.54. The third-order valence-corrected chi connectivity index (χ3v) is 3.04. The highest BCUT2D eigenvalue weighted by atomic mass is 32.1. The minimum Gasteiger partial charge on any atom is -0.329 e. The minimum atomic E-state index is 0.378. The Hall–Kier alpha value is -0.380. The summed E-state index contributed by atoms with van der Waals surface area (Å²) in [6.07, 6.45) is 0. The van der Waals surface area contributed by atoms with Crippen molar-refractivity contribution in [3.63, 3.8) is 0 Å². The van der Waals surface area contributed by atoms with Crippen LogP contribution in [0.2, 0.25) is 0 Å². The first-order valence-corrected chi connectivity index (χ1v) is 6.01. The van der Waals surface area contributed by atoms with Gasteiger partial charge < -0.3 is 5.73 Å². The van der Waals surface area contributed by atoms with Crippen LogP contribution in [-0.2, 0) is 0 Å². The molecule has 0 saturated carbocycles. The first-order valence-electron chi connectivity index (χ1n) is 5.07. The molecule has 2 N–H and O–H groups in total. The van der Waals surface area contributed by atoms with Crippen molar-refractivity contribution in [3.8, 4) is 0 Å². The summed E-state index contributed by atoms with van der Waals surface area (Å²) >= 11 is 1.74. The van der Waals surface area contributed by atoms with E-state index in [1.54, 1.807) is 11.3 Å². The number of likely N-dealkylation sites (N-methyl/N-ethyl adjacent to an activating group) is 1. The van der Waals surface area contributed by atoms with Crippen LogP contribution in [0, 0.1) is 5.92 Å². The van der Waals surface area contributed by atoms with E-state index in [0.717, 1.165) is 6.54 Å². The molecule has 0 aliphatic carbocycles. The Morgan fingerprint density at radius 3 is 2.64 bits per heavy atom. The number of hydrogen-bond donors (Lipinski definition) is 1. The average Bonchev–Trinajstić information content (AvgIpc) is 2.57. The molecule has 0 aliphatic rings. The molecule has 2 nitrogen and oxygen atoms in total. The van der Waals surface area contributed by atoms with Gasteiger partial charge >= 0.3 is 0 Å². The Labute approximate surface area is 90.7 Å². The van der Waals surface area contributed by atoms with Crippen LogP contribution in [0.25, 0.3) is 0 Å². The van der Waals surface area contributed by atoms with Gasteiger partial charge in [0.1, 0.15) is 0 Å². The summed E-state index contributed by atoms with van der Waals surface area (Å²) in [4.78, 5) is 2.34. The summed E-state index contributed by atoms with van der Waals surface area (Å²) in [7, 11) is 2.15. The lowest BCUT2D eigenvalue weighted by molar-refractivity contribution is 0.224. The van der Waals surface area contributed by atoms with Gasteiger partial charge in [-0.25, -0.2) is 0 Å². The van der Waals surface area contributed by atoms with Gasteiger partial charge in [0.2, 0.25) is 0 Å². The van der Waals surface area contributed by atoms with Gasteiger partial charge in [0.25, 0.3) is 0 Å². The van der Waals surface area contributed by atoms with Crippen molar-refractivity contribution < 1.29 is 0 Å². The fraction of sp³-hybridized carbons (Fsp3) is 0.636. The zero-order chi connectivity index (χ0) is 10.6. The van der Waals surface area contributed by atoms with E-state index in [1.807, 2.05) is 0 Å². The molecule has 0 aliphatic heterocycles. The van der Waals surface area contributed by atoms with E-state index in [0.29, 0.717) is 18.5 Å². The van der Waals surface area contributed by atoms with Crippen LogP contribution in [0.5, 0.6) is 0 Å². The highest BCUT2D eigenvalue weighted by Gasteiger charge is 2.16. The molecule has 3 heteroatoms. The van der Waals surface area contributed by atoms with Crippen LogP contribution < -0.4 is 5.73 Å². The summed E-state index contributed by atoms with van der Waals surface area (Å²) in [5, 5.41) is 4.30. The predicted molar refractivity (Wildman–Crippen MR) is 63.6 cm³/mol. The molecule has 0 bridgehead atoms. The zero-order valence-corrected chi connectivity index (χ0v) is 10.1. The van der Waals surface area contributed by atoms with Crippen molar-refractivity contribution in [2.24, 2.45) is 11.7 Å². The van der Waals surface area contributed by atoms with Crippen LogP contribution in [0.3, 0.4) is 0 Å². The molecule has 0 aromatic carbocycles. The van der Waals surface area contributed by atoms with Gasteiger partial charge in [-0.3, -0.25) is 4.90 Å². The molecule has 0 amide bonds. The van der Waals surface area contributed by atoms with Gasteiger partial charge in [-0.1, -0.05) is 13.8 Å². The second-order valence-corrected chi connectivity index (χ2v) is 4.92. The lowest BCUT2D eigenvalue weighted by Crippen LogP contribution is -2.32. The zero-order valence-electron chi connectivity index (χ0n) is 9.23. The monoisotopic (exact) mass is 212 g/mol. The molecule has 14 heavy (non-hydrogen) atoms. The fourth-order valence-corrected chi connectivity index (χ4v) is 2.45. The number of nitrogens with two attached hydrogens (primary N) is 1. The van der Waals surface area contributed by atoms with Gasteiger partial charge in [0.15, 0.2) is 0 Å². The van der Waals surface area contributed by atoms with Crippen molar-refractivity contribution in [1.82, 2.24) is 4.90 Å². The second-order valence-electron chi connectivity index (χ2n) is 4.14. The maximum absolute atomic E-state index is 5.80. The van der Waals surface area contributed by atoms with Gasteiger partial charge in [0, 0.05) is 19.1 Å². The number of hydrogen-bond acceptors (Lipinski definition) is 3. The Kier molecular flexibility index (Phi) is 4.58. The van der Waals surface area contributed by atoms with Crippen LogP contribution in [0.1, 0.15) is 25.5 Å². The van der Waals surface area contributed by atoms with E-state index in [2.05, 4.69) is 42.6 Å². The first-order chi connectivity index (χ1) is 6.65. The molecular formula is C11H20N2S. The number of thiophene rings is 1. The van der Waals surface area contributed by atoms with E-state index in [1.165, 1.54) is 5.56 Å². The van der Waals surface area contributed by atoms with Crippen molar-refractivity contribution in [1.29, 1.82) is 0 Å². The minimum absolute atomic E-state index is 0.378. The highest BCUT2D eigenvalue weighted by molar-refractivity contribution is 7.07. The molecule has 1 atom stereocenters. The van der Waals surface area contributed by atoms with Crippen molar-refractivity contribution >= 4 is 11.3 Å². The summed E-state index contributed by atoms with van der Waals surface area (Å²) < 4.78 is 0. The first kappa shape index (κ1) is 11.7. The number of nitrogens with zero attached hydrogens (tertiary/aromatic N) is 1. The summed E-state index contributed by atoms with van der Waals surface area (Å²) in [5.41, 5.74) is 7.15. The quantitative estimate of drug-likeness (QED) is 0.811. The standard InChI is InChI=1S/C11H20N2S/c1-9(2)7-13(3)11(6-12)10-4-5-14-8-10/h4-5,8-9,11H,6-7,12H2,1-3H3. The van der Waals surface area contributed by atoms with Crippen LogP contribution in [0.4, 0.5) is 0 Å². The van der Waals surface area contributed by atoms with Gasteiger partial charge in [-0.05, 0) is 35.4 Å². The van der Waals surface area contributed by atoms with E-state index >= 15 is 0 Å². The van der Waals surface area contributed by atoms with E-state index < -0.39 is 0 Å². The van der Waals surface area contributed by atoms with Crippen LogP contribution >= 0.6 is 11.3 Å². The number of rotatable bonds is 5. The Balaban J connectivity index is 2.62. The third kappa shape index (κ3) is 3.08. The summed E-state index contributed by atoms with van der Waals surface area (Å²) in [5.74, 6) is 0.688. The molecule has 1 aromatic rings. The molecule has 0 spiro atoms. The van der Waals surface area contributed by atoms with Crippen molar-refractivity contribution in [2.45, 2.75) is 19.9 Å². The SMILES string of the molecule is CC(C)CN(C)C(CN)c1ccsc1. The normalized spacial score (nSPS) is 13.9. The van der Waals surface area contributed by atoms with E-state index in [4.69, 9.17) is 5.73 Å². The molecule has 1 rings (SSSR count). The molecule has 0 radical (unpaired) electrons. The second kappa shape index (κ2) is 5.49. The van der Waals surface area contributed by atoms with Gasteiger partial charge in [-0.2, -0.15) is 11.3 Å². The van der Waals surface area contributed by atoms with E-state index in [-0.39, 0.29) is 0 Å². The molecule has 1 heterocycles. The molecular weight excluding hydrogens is 192 g/mol. The van der Waals surface area contributed by atoms with Crippen LogP contribution in [0.15, 0.2) is 16.8 Å². The van der Waals surface area contributed by atoms with E-state index in [9.17, 15) is 0 Å². The van der Waals surface area contributed by atoms with Gasteiger partial charge in [0.05, 0.1) is 0 Å². The maximum Gasteiger partial charge on any atom is 0.0475 e. The lowest BCUT2D eigenvalue weighted by atomic mass is 10.1. The fourth-order valence-electron chi connectivity index (χ4n) is 1.74. The third-order valence-electron chi connectivity index (χ3n) is 2.34. The van der Waals surface area contributed by atoms with Crippen molar-refractivity contribution in [2.75, 3.05) is 20.1 Å². The van der Waals surface area contributed by atoms with Crippen LogP contribution in [-0.4, -0.2) is 25.0 Å². The highest BCUT2D eigenvalue weighted by Crippen LogP contribution is 2.21. The summed E-state index contributed by atoms with van der Waals surface area (Å²) in [6.45, 7) is 6.26. The average molecular weight is 212 g/mol. The van der Waals surface area contributed by atoms with Gasteiger partial charge in [-0.15, -0.1) is 0 Å².